The van der Waals surface area contributed by atoms with Gasteiger partial charge in [0.25, 0.3) is 0 Å². The van der Waals surface area contributed by atoms with E-state index >= 15 is 0 Å². The lowest BCUT2D eigenvalue weighted by Crippen LogP contribution is -2.51. The molecule has 0 aliphatic heterocycles. The molecule has 0 atom stereocenters. The molecule has 24 heavy (non-hydrogen) atoms. The SMILES string of the molecule is O=C(OCC(F)(F)S(=O)(=O)S(=O)(=O)O)C12CC3CC(CC(C3)C1)C2. The zero-order chi connectivity index (χ0) is 18.0. The van der Waals surface area contributed by atoms with Gasteiger partial charge < -0.3 is 4.74 Å². The first kappa shape index (κ1) is 18.0. The zero-order valence-corrected chi connectivity index (χ0v) is 14.3. The van der Waals surface area contributed by atoms with Crippen LogP contribution in [0.2, 0.25) is 0 Å². The second-order valence-electron chi connectivity index (χ2n) is 7.29. The van der Waals surface area contributed by atoms with Crippen LogP contribution >= 0.6 is 0 Å². The van der Waals surface area contributed by atoms with E-state index in [1.807, 2.05) is 0 Å². The maximum Gasteiger partial charge on any atom is 0.395 e. The zero-order valence-electron chi connectivity index (χ0n) is 12.7. The minimum absolute atomic E-state index is 0.353. The normalized spacial score (nSPS) is 35.9. The van der Waals surface area contributed by atoms with Crippen molar-refractivity contribution in [3.63, 3.8) is 0 Å². The van der Waals surface area contributed by atoms with Crippen LogP contribution in [0.25, 0.3) is 0 Å². The molecule has 4 fully saturated rings. The van der Waals surface area contributed by atoms with Crippen molar-refractivity contribution in [2.75, 3.05) is 6.61 Å². The van der Waals surface area contributed by atoms with E-state index in [2.05, 4.69) is 4.74 Å². The molecule has 11 heteroatoms. The van der Waals surface area contributed by atoms with Crippen molar-refractivity contribution in [3.8, 4) is 0 Å². The smallest absolute Gasteiger partial charge is 0.395 e. The Hall–Kier alpha value is -0.810. The van der Waals surface area contributed by atoms with E-state index in [-0.39, 0.29) is 0 Å². The third kappa shape index (κ3) is 2.74. The first-order valence-electron chi connectivity index (χ1n) is 7.63. The van der Waals surface area contributed by atoms with E-state index in [4.69, 9.17) is 4.55 Å². The number of carbonyl (C=O) groups is 1. The Morgan fingerprint density at radius 3 is 1.83 bits per heavy atom. The lowest BCUT2D eigenvalue weighted by molar-refractivity contribution is -0.176. The first-order chi connectivity index (χ1) is 10.9. The molecule has 0 unspecified atom stereocenters. The van der Waals surface area contributed by atoms with Crippen LogP contribution in [0, 0.1) is 23.2 Å². The molecule has 0 radical (unpaired) electrons. The summed E-state index contributed by atoms with van der Waals surface area (Å²) in [5.74, 6) is 0.161. The molecule has 0 aromatic carbocycles. The highest BCUT2D eigenvalue weighted by molar-refractivity contribution is 8.65. The molecule has 4 saturated carbocycles. The van der Waals surface area contributed by atoms with Gasteiger partial charge in [0.1, 0.15) is 0 Å². The summed E-state index contributed by atoms with van der Waals surface area (Å²) in [6, 6.07) is 0. The molecule has 0 amide bonds. The Labute approximate surface area is 137 Å². The number of halogens is 2. The van der Waals surface area contributed by atoms with Crippen molar-refractivity contribution in [1.29, 1.82) is 0 Å². The summed E-state index contributed by atoms with van der Waals surface area (Å²) in [6.07, 6.45) is 4.65. The van der Waals surface area contributed by atoms with Crippen LogP contribution in [0.4, 0.5) is 8.78 Å². The van der Waals surface area contributed by atoms with Crippen molar-refractivity contribution >= 4 is 24.0 Å². The van der Waals surface area contributed by atoms with Crippen LogP contribution in [-0.2, 0) is 27.6 Å². The Morgan fingerprint density at radius 2 is 1.46 bits per heavy atom. The van der Waals surface area contributed by atoms with Gasteiger partial charge in [0, 0.05) is 0 Å². The van der Waals surface area contributed by atoms with Crippen LogP contribution in [0.15, 0.2) is 0 Å². The Morgan fingerprint density at radius 1 is 1.04 bits per heavy atom. The highest BCUT2D eigenvalue weighted by Gasteiger charge is 2.58. The predicted octanol–water partition coefficient (Wildman–Crippen LogP) is 1.56. The molecule has 7 nitrogen and oxygen atoms in total. The van der Waals surface area contributed by atoms with Gasteiger partial charge in [-0.25, -0.2) is 8.42 Å². The molecule has 0 heterocycles. The quantitative estimate of drug-likeness (QED) is 0.432. The number of carbonyl (C=O) groups excluding carboxylic acids is 1. The van der Waals surface area contributed by atoms with Gasteiger partial charge in [-0.2, -0.15) is 17.2 Å². The highest BCUT2D eigenvalue weighted by atomic mass is 33.2. The van der Waals surface area contributed by atoms with Crippen molar-refractivity contribution in [3.05, 3.63) is 0 Å². The highest BCUT2D eigenvalue weighted by Crippen LogP contribution is 2.60. The van der Waals surface area contributed by atoms with Crippen molar-refractivity contribution < 1.29 is 39.7 Å². The van der Waals surface area contributed by atoms with Gasteiger partial charge >= 0.3 is 29.2 Å². The van der Waals surface area contributed by atoms with E-state index in [0.717, 1.165) is 19.3 Å². The van der Waals surface area contributed by atoms with Gasteiger partial charge in [-0.05, 0) is 56.3 Å². The average molecular weight is 388 g/mol. The fraction of sp³-hybridized carbons (Fsp3) is 0.923. The van der Waals surface area contributed by atoms with Gasteiger partial charge in [-0.3, -0.25) is 9.35 Å². The molecule has 138 valence electrons. The fourth-order valence-electron chi connectivity index (χ4n) is 4.89. The number of alkyl halides is 2. The summed E-state index contributed by atoms with van der Waals surface area (Å²) in [4.78, 5) is 12.4. The Bertz CT molecular complexity index is 722. The maximum atomic E-state index is 13.6. The number of hydrogen-bond acceptors (Lipinski definition) is 6. The molecule has 0 aromatic heterocycles. The molecule has 4 bridgehead atoms. The monoisotopic (exact) mass is 388 g/mol. The Kier molecular flexibility index (Phi) is 4.00. The van der Waals surface area contributed by atoms with Crippen molar-refractivity contribution in [2.45, 2.75) is 43.8 Å². The average Bonchev–Trinajstić information content (AvgIpc) is 2.41. The molecule has 4 aliphatic rings. The molecule has 4 aliphatic carbocycles. The van der Waals surface area contributed by atoms with Gasteiger partial charge in [-0.15, -0.1) is 0 Å². The number of ether oxygens (including phenoxy) is 1. The number of esters is 1. The fourth-order valence-corrected chi connectivity index (χ4v) is 6.47. The lowest BCUT2D eigenvalue weighted by atomic mass is 9.49. The number of hydrogen-bond donors (Lipinski definition) is 1. The molecule has 0 aromatic rings. The van der Waals surface area contributed by atoms with E-state index in [1.165, 1.54) is 0 Å². The third-order valence-corrected chi connectivity index (χ3v) is 9.28. The van der Waals surface area contributed by atoms with Crippen LogP contribution in [0.3, 0.4) is 0 Å². The van der Waals surface area contributed by atoms with E-state index in [9.17, 15) is 30.4 Å². The molecular formula is C13H18F2O7S2. The molecule has 4 rings (SSSR count). The van der Waals surface area contributed by atoms with Crippen molar-refractivity contribution in [1.82, 2.24) is 0 Å². The summed E-state index contributed by atoms with van der Waals surface area (Å²) < 4.78 is 83.8. The largest absolute Gasteiger partial charge is 0.458 e. The van der Waals surface area contributed by atoms with E-state index in [1.54, 1.807) is 0 Å². The van der Waals surface area contributed by atoms with Crippen LogP contribution in [0.1, 0.15) is 38.5 Å². The van der Waals surface area contributed by atoms with Crippen LogP contribution in [-0.4, -0.2) is 39.2 Å². The van der Waals surface area contributed by atoms with Gasteiger partial charge in [-0.1, -0.05) is 0 Å². The van der Waals surface area contributed by atoms with E-state index < -0.39 is 41.3 Å². The van der Waals surface area contributed by atoms with Gasteiger partial charge in [0.05, 0.1) is 5.41 Å². The second kappa shape index (κ2) is 5.34. The predicted molar refractivity (Wildman–Crippen MR) is 77.0 cm³/mol. The maximum absolute atomic E-state index is 13.6. The molecule has 0 saturated heterocycles. The first-order valence-corrected chi connectivity index (χ1v) is 11.1. The lowest BCUT2D eigenvalue weighted by Gasteiger charge is -2.55. The summed E-state index contributed by atoms with van der Waals surface area (Å²) >= 11 is 0. The Balaban J connectivity index is 1.72. The van der Waals surface area contributed by atoms with Crippen LogP contribution < -0.4 is 0 Å². The minimum Gasteiger partial charge on any atom is -0.458 e. The number of rotatable bonds is 5. The summed E-state index contributed by atoms with van der Waals surface area (Å²) in [6.45, 7) is -1.92. The topological polar surface area (TPSA) is 115 Å². The van der Waals surface area contributed by atoms with Gasteiger partial charge in [0.2, 0.25) is 0 Å². The van der Waals surface area contributed by atoms with Crippen molar-refractivity contribution in [2.24, 2.45) is 23.2 Å². The second-order valence-corrected chi connectivity index (χ2v) is 12.2. The summed E-state index contributed by atoms with van der Waals surface area (Å²) in [7, 11) is -12.2. The van der Waals surface area contributed by atoms with E-state index in [0.29, 0.717) is 37.0 Å². The minimum atomic E-state index is -6.21. The third-order valence-electron chi connectivity index (χ3n) is 5.49. The summed E-state index contributed by atoms with van der Waals surface area (Å²) in [5, 5.41) is -4.90. The summed E-state index contributed by atoms with van der Waals surface area (Å²) in [5.41, 5.74) is -0.868. The molecular weight excluding hydrogens is 370 g/mol. The standard InChI is InChI=1S/C13H18F2O7S2/c14-13(15,23(17,18)24(19,20)21)7-22-11(16)12-4-8-1-9(5-12)3-10(2-8)6-12/h8-10H,1-7H2,(H,19,20,21). The molecule has 0 spiro atoms. The molecule has 1 N–H and O–H groups in total. The van der Waals surface area contributed by atoms with Gasteiger partial charge in [0.15, 0.2) is 6.61 Å². The van der Waals surface area contributed by atoms with Crippen LogP contribution in [0.5, 0.6) is 0 Å².